The highest BCUT2D eigenvalue weighted by Crippen LogP contribution is 2.36. The fourth-order valence-corrected chi connectivity index (χ4v) is 3.24. The van der Waals surface area contributed by atoms with Crippen LogP contribution in [-0.2, 0) is 11.2 Å². The zero-order valence-corrected chi connectivity index (χ0v) is 15.9. The predicted octanol–water partition coefficient (Wildman–Crippen LogP) is 3.75. The van der Waals surface area contributed by atoms with E-state index in [4.69, 9.17) is 16.3 Å². The highest BCUT2D eigenvalue weighted by Gasteiger charge is 2.36. The largest absolute Gasteiger partial charge is 0.485 e. The van der Waals surface area contributed by atoms with Crippen LogP contribution in [0.1, 0.15) is 36.7 Å². The van der Waals surface area contributed by atoms with Crippen LogP contribution in [0, 0.1) is 5.82 Å². The first kappa shape index (κ1) is 19.3. The SMILES string of the molecule is CC(=O)N(C(=O)c1ccc(F)cc1Cl)c1ccc2c(c1)CC(O)C(C)(C)O2. The smallest absolute Gasteiger partial charge is 0.266 e. The summed E-state index contributed by atoms with van der Waals surface area (Å²) in [5, 5.41) is 10.2. The molecule has 1 aliphatic rings. The van der Waals surface area contributed by atoms with Crippen LogP contribution < -0.4 is 9.64 Å². The van der Waals surface area contributed by atoms with Gasteiger partial charge in [0.2, 0.25) is 5.91 Å². The second-order valence-electron chi connectivity index (χ2n) is 7.00. The van der Waals surface area contributed by atoms with E-state index in [0.717, 1.165) is 17.0 Å². The summed E-state index contributed by atoms with van der Waals surface area (Å²) in [4.78, 5) is 26.0. The van der Waals surface area contributed by atoms with Gasteiger partial charge in [0.15, 0.2) is 0 Å². The molecule has 0 saturated carbocycles. The molecule has 5 nitrogen and oxygen atoms in total. The number of carbonyl (C=O) groups is 2. The van der Waals surface area contributed by atoms with Crippen molar-refractivity contribution in [1.29, 1.82) is 0 Å². The topological polar surface area (TPSA) is 66.8 Å². The highest BCUT2D eigenvalue weighted by atomic mass is 35.5. The highest BCUT2D eigenvalue weighted by molar-refractivity contribution is 6.35. The third-order valence-electron chi connectivity index (χ3n) is 4.57. The third kappa shape index (κ3) is 3.68. The number of benzene rings is 2. The second kappa shape index (κ2) is 6.94. The number of nitrogens with zero attached hydrogens (tertiary/aromatic N) is 1. The minimum absolute atomic E-state index is 0.0170. The molecule has 2 amide bonds. The quantitative estimate of drug-likeness (QED) is 0.846. The summed E-state index contributed by atoms with van der Waals surface area (Å²) in [6, 6.07) is 8.24. The van der Waals surface area contributed by atoms with Gasteiger partial charge in [-0.2, -0.15) is 0 Å². The van der Waals surface area contributed by atoms with E-state index >= 15 is 0 Å². The maximum atomic E-state index is 13.3. The third-order valence-corrected chi connectivity index (χ3v) is 4.88. The number of imide groups is 1. The Morgan fingerprint density at radius 1 is 1.26 bits per heavy atom. The Kier molecular flexibility index (Phi) is 4.97. The van der Waals surface area contributed by atoms with E-state index in [1.54, 1.807) is 32.0 Å². The van der Waals surface area contributed by atoms with E-state index in [0.29, 0.717) is 23.4 Å². The number of carbonyl (C=O) groups excluding carboxylic acids is 2. The molecule has 0 aliphatic carbocycles. The summed E-state index contributed by atoms with van der Waals surface area (Å²) < 4.78 is 19.1. The van der Waals surface area contributed by atoms with Gasteiger partial charge < -0.3 is 9.84 Å². The number of fused-ring (bicyclic) bond motifs is 1. The van der Waals surface area contributed by atoms with E-state index in [1.165, 1.54) is 13.0 Å². The minimum Gasteiger partial charge on any atom is -0.485 e. The van der Waals surface area contributed by atoms with Crippen LogP contribution in [0.5, 0.6) is 5.75 Å². The van der Waals surface area contributed by atoms with Crippen molar-refractivity contribution in [2.75, 3.05) is 4.90 Å². The maximum Gasteiger partial charge on any atom is 0.266 e. The van der Waals surface area contributed by atoms with Gasteiger partial charge in [-0.05, 0) is 55.8 Å². The van der Waals surface area contributed by atoms with Crippen molar-refractivity contribution in [3.63, 3.8) is 0 Å². The standard InChI is InChI=1S/C20H19ClFNO4/c1-11(24)23(19(26)15-6-4-13(22)10-16(15)21)14-5-7-17-12(8-14)9-18(25)20(2,3)27-17/h4-8,10,18,25H,9H2,1-3H3. The van der Waals surface area contributed by atoms with Crippen molar-refractivity contribution in [3.05, 3.63) is 58.4 Å². The summed E-state index contributed by atoms with van der Waals surface area (Å²) in [5.41, 5.74) is 0.292. The summed E-state index contributed by atoms with van der Waals surface area (Å²) in [6.45, 7) is 4.83. The molecule has 2 aromatic rings. The Labute approximate surface area is 161 Å². The lowest BCUT2D eigenvalue weighted by molar-refractivity contribution is -0.115. The molecule has 1 N–H and O–H groups in total. The molecule has 27 heavy (non-hydrogen) atoms. The van der Waals surface area contributed by atoms with Crippen LogP contribution in [0.4, 0.5) is 10.1 Å². The molecule has 2 aromatic carbocycles. The van der Waals surface area contributed by atoms with Crippen LogP contribution in [-0.4, -0.2) is 28.6 Å². The van der Waals surface area contributed by atoms with Crippen molar-refractivity contribution in [1.82, 2.24) is 0 Å². The molecule has 7 heteroatoms. The molecule has 1 atom stereocenters. The number of ether oxygens (including phenoxy) is 1. The van der Waals surface area contributed by atoms with Crippen LogP contribution >= 0.6 is 11.6 Å². The van der Waals surface area contributed by atoms with E-state index < -0.39 is 29.3 Å². The zero-order chi connectivity index (χ0) is 19.9. The average Bonchev–Trinajstić information content (AvgIpc) is 2.55. The zero-order valence-electron chi connectivity index (χ0n) is 15.1. The summed E-state index contributed by atoms with van der Waals surface area (Å²) in [5.74, 6) is -1.17. The van der Waals surface area contributed by atoms with Gasteiger partial charge in [-0.3, -0.25) is 9.59 Å². The number of aliphatic hydroxyl groups is 1. The van der Waals surface area contributed by atoms with Gasteiger partial charge in [0.25, 0.3) is 5.91 Å². The van der Waals surface area contributed by atoms with E-state index in [2.05, 4.69) is 0 Å². The van der Waals surface area contributed by atoms with Gasteiger partial charge >= 0.3 is 0 Å². The Morgan fingerprint density at radius 2 is 1.96 bits per heavy atom. The number of hydrogen-bond donors (Lipinski definition) is 1. The van der Waals surface area contributed by atoms with Crippen molar-refractivity contribution in [2.24, 2.45) is 0 Å². The molecule has 1 aliphatic heterocycles. The summed E-state index contributed by atoms with van der Waals surface area (Å²) >= 11 is 5.97. The molecule has 1 unspecified atom stereocenters. The molecule has 0 fully saturated rings. The molecule has 3 rings (SSSR count). The van der Waals surface area contributed by atoms with Gasteiger partial charge in [0.1, 0.15) is 17.2 Å². The molecule has 0 aromatic heterocycles. The van der Waals surface area contributed by atoms with Crippen molar-refractivity contribution in [3.8, 4) is 5.75 Å². The fourth-order valence-electron chi connectivity index (χ4n) is 2.99. The van der Waals surface area contributed by atoms with Gasteiger partial charge in [0, 0.05) is 13.3 Å². The van der Waals surface area contributed by atoms with Crippen LogP contribution in [0.2, 0.25) is 5.02 Å². The molecule has 1 heterocycles. The second-order valence-corrected chi connectivity index (χ2v) is 7.41. The minimum atomic E-state index is -0.730. The van der Waals surface area contributed by atoms with Gasteiger partial charge in [-0.25, -0.2) is 9.29 Å². The number of aliphatic hydroxyl groups excluding tert-OH is 1. The van der Waals surface area contributed by atoms with E-state index in [-0.39, 0.29) is 10.6 Å². The number of rotatable bonds is 2. The molecular formula is C20H19ClFNO4. The normalized spacial score (nSPS) is 17.6. The molecule has 0 saturated heterocycles. The Bertz CT molecular complexity index is 928. The first-order valence-electron chi connectivity index (χ1n) is 8.40. The predicted molar refractivity (Wildman–Crippen MR) is 99.8 cm³/mol. The number of amides is 2. The van der Waals surface area contributed by atoms with Crippen molar-refractivity contribution in [2.45, 2.75) is 38.9 Å². The van der Waals surface area contributed by atoms with Gasteiger partial charge in [0.05, 0.1) is 22.4 Å². The molecule has 0 spiro atoms. The molecular weight excluding hydrogens is 373 g/mol. The van der Waals surface area contributed by atoms with Crippen LogP contribution in [0.25, 0.3) is 0 Å². The van der Waals surface area contributed by atoms with E-state index in [1.807, 2.05) is 0 Å². The Morgan fingerprint density at radius 3 is 2.59 bits per heavy atom. The molecule has 0 bridgehead atoms. The number of halogens is 2. The number of hydrogen-bond acceptors (Lipinski definition) is 4. The van der Waals surface area contributed by atoms with Gasteiger partial charge in [-0.1, -0.05) is 11.6 Å². The number of anilines is 1. The summed E-state index contributed by atoms with van der Waals surface area (Å²) in [7, 11) is 0. The molecule has 0 radical (unpaired) electrons. The monoisotopic (exact) mass is 391 g/mol. The van der Waals surface area contributed by atoms with Crippen molar-refractivity contribution < 1.29 is 23.8 Å². The lowest BCUT2D eigenvalue weighted by atomic mass is 9.91. The Balaban J connectivity index is 2.00. The van der Waals surface area contributed by atoms with E-state index in [9.17, 15) is 19.1 Å². The maximum absolute atomic E-state index is 13.3. The first-order chi connectivity index (χ1) is 12.6. The fraction of sp³-hybridized carbons (Fsp3) is 0.300. The first-order valence-corrected chi connectivity index (χ1v) is 8.78. The summed E-state index contributed by atoms with van der Waals surface area (Å²) in [6.07, 6.45) is -0.402. The Hall–Kier alpha value is -2.44. The van der Waals surface area contributed by atoms with Crippen molar-refractivity contribution >= 4 is 29.1 Å². The lowest BCUT2D eigenvalue weighted by Gasteiger charge is -2.37. The van der Waals surface area contributed by atoms with Gasteiger partial charge in [-0.15, -0.1) is 0 Å². The average molecular weight is 392 g/mol. The molecule has 142 valence electrons. The van der Waals surface area contributed by atoms with Crippen LogP contribution in [0.15, 0.2) is 36.4 Å². The lowest BCUT2D eigenvalue weighted by Crippen LogP contribution is -2.46. The van der Waals surface area contributed by atoms with Crippen LogP contribution in [0.3, 0.4) is 0 Å².